The van der Waals surface area contributed by atoms with E-state index in [2.05, 4.69) is 25.1 Å². The Morgan fingerprint density at radius 2 is 2.13 bits per heavy atom. The maximum Gasteiger partial charge on any atom is 0.134 e. The molecule has 0 atom stereocenters. The van der Waals surface area contributed by atoms with Crippen molar-refractivity contribution in [1.82, 2.24) is 0 Å². The number of hydrogen-bond donors (Lipinski definition) is 0. The molecule has 15 heavy (non-hydrogen) atoms. The minimum atomic E-state index is 0.937. The zero-order valence-electron chi connectivity index (χ0n) is 9.25. The Balaban J connectivity index is 1.96. The van der Waals surface area contributed by atoms with Crippen molar-refractivity contribution in [3.63, 3.8) is 0 Å². The van der Waals surface area contributed by atoms with Crippen molar-refractivity contribution < 1.29 is 4.42 Å². The molecule has 0 N–H and O–H groups in total. The molecule has 0 saturated carbocycles. The van der Waals surface area contributed by atoms with Gasteiger partial charge in [-0.1, -0.05) is 32.3 Å². The molecule has 0 saturated heterocycles. The fraction of sp³-hybridized carbons (Fsp3) is 0.429. The zero-order chi connectivity index (χ0) is 10.5. The molecule has 0 aliphatic rings. The predicted octanol–water partition coefficient (Wildman–Crippen LogP) is 4.36. The zero-order valence-corrected chi connectivity index (χ0v) is 9.25. The second kappa shape index (κ2) is 5.01. The average Bonchev–Trinajstić information content (AvgIpc) is 2.71. The number of rotatable bonds is 5. The van der Waals surface area contributed by atoms with Crippen LogP contribution in [-0.2, 0) is 6.42 Å². The van der Waals surface area contributed by atoms with Crippen LogP contribution in [0.25, 0.3) is 11.0 Å². The van der Waals surface area contributed by atoms with Crippen LogP contribution in [0.2, 0.25) is 0 Å². The highest BCUT2D eigenvalue weighted by Gasteiger charge is 1.99. The van der Waals surface area contributed by atoms with Crippen molar-refractivity contribution in [2.75, 3.05) is 0 Å². The third kappa shape index (κ3) is 2.62. The van der Waals surface area contributed by atoms with Crippen LogP contribution in [0.4, 0.5) is 0 Å². The Hall–Kier alpha value is -1.24. The smallest absolute Gasteiger partial charge is 0.134 e. The number of hydrogen-bond acceptors (Lipinski definition) is 1. The molecule has 1 aromatic heterocycles. The van der Waals surface area contributed by atoms with E-state index in [-0.39, 0.29) is 0 Å². The van der Waals surface area contributed by atoms with Crippen LogP contribution in [-0.4, -0.2) is 0 Å². The van der Waals surface area contributed by atoms with Gasteiger partial charge in [0.2, 0.25) is 0 Å². The first-order valence-electron chi connectivity index (χ1n) is 5.78. The van der Waals surface area contributed by atoms with Crippen molar-refractivity contribution in [3.8, 4) is 0 Å². The quantitative estimate of drug-likeness (QED) is 0.655. The number of benzene rings is 1. The minimum Gasteiger partial charge on any atom is -0.464 e. The molecule has 0 amide bonds. The lowest BCUT2D eigenvalue weighted by atomic mass is 10.1. The van der Waals surface area contributed by atoms with E-state index in [1.54, 1.807) is 6.26 Å². The molecule has 1 nitrogen and oxygen atoms in total. The van der Waals surface area contributed by atoms with Gasteiger partial charge >= 0.3 is 0 Å². The summed E-state index contributed by atoms with van der Waals surface area (Å²) in [5, 5.41) is 1.10. The van der Waals surface area contributed by atoms with Gasteiger partial charge in [-0.3, -0.25) is 0 Å². The Morgan fingerprint density at radius 3 is 3.00 bits per heavy atom. The highest BCUT2D eigenvalue weighted by molar-refractivity contribution is 5.76. The Labute approximate surface area is 91.1 Å². The summed E-state index contributed by atoms with van der Waals surface area (Å²) in [6.45, 7) is 2.24. The topological polar surface area (TPSA) is 13.1 Å². The molecule has 0 fully saturated rings. The molecule has 0 spiro atoms. The van der Waals surface area contributed by atoms with E-state index in [4.69, 9.17) is 4.42 Å². The molecule has 1 heteroatoms. The summed E-state index contributed by atoms with van der Waals surface area (Å²) >= 11 is 0. The first-order chi connectivity index (χ1) is 7.40. The lowest BCUT2D eigenvalue weighted by Gasteiger charge is -2.00. The van der Waals surface area contributed by atoms with Crippen LogP contribution in [0.3, 0.4) is 0 Å². The van der Waals surface area contributed by atoms with Gasteiger partial charge < -0.3 is 4.42 Å². The van der Waals surface area contributed by atoms with Crippen molar-refractivity contribution in [2.45, 2.75) is 39.0 Å². The first kappa shape index (κ1) is 10.3. The Morgan fingerprint density at radius 1 is 1.20 bits per heavy atom. The largest absolute Gasteiger partial charge is 0.464 e. The molecule has 79 valence electrons. The third-order valence-electron chi connectivity index (χ3n) is 2.76. The summed E-state index contributed by atoms with van der Waals surface area (Å²) in [5.74, 6) is 0. The van der Waals surface area contributed by atoms with Crippen LogP contribution >= 0.6 is 0 Å². The average molecular weight is 201 g/mol. The fourth-order valence-corrected chi connectivity index (χ4v) is 1.86. The maximum absolute atomic E-state index is 5.26. The van der Waals surface area contributed by atoms with E-state index in [0.29, 0.717) is 0 Å². The Kier molecular flexibility index (Phi) is 3.44. The summed E-state index contributed by atoms with van der Waals surface area (Å²) in [7, 11) is 0. The van der Waals surface area contributed by atoms with Gasteiger partial charge in [-0.25, -0.2) is 0 Å². The maximum atomic E-state index is 5.26. The van der Waals surface area contributed by atoms with Gasteiger partial charge in [0, 0.05) is 11.5 Å². The SMILES string of the molecule is CCCCCCc1ccc2oc[c]c2c1. The summed E-state index contributed by atoms with van der Waals surface area (Å²) in [6, 6.07) is 9.48. The van der Waals surface area contributed by atoms with Crippen molar-refractivity contribution >= 4 is 11.0 Å². The van der Waals surface area contributed by atoms with Crippen LogP contribution in [0, 0.1) is 6.07 Å². The van der Waals surface area contributed by atoms with E-state index >= 15 is 0 Å². The summed E-state index contributed by atoms with van der Waals surface area (Å²) in [6.07, 6.45) is 8.08. The molecule has 1 heterocycles. The van der Waals surface area contributed by atoms with E-state index in [0.717, 1.165) is 11.0 Å². The molecule has 0 bridgehead atoms. The fourth-order valence-electron chi connectivity index (χ4n) is 1.86. The summed E-state index contributed by atoms with van der Waals surface area (Å²) in [5.41, 5.74) is 2.34. The molecule has 0 unspecified atom stereocenters. The third-order valence-corrected chi connectivity index (χ3v) is 2.76. The molecule has 2 aromatic rings. The Bertz CT molecular complexity index is 414. The highest BCUT2D eigenvalue weighted by atomic mass is 16.3. The van der Waals surface area contributed by atoms with Gasteiger partial charge in [0.05, 0.1) is 6.26 Å². The molecular formula is C14H17O. The molecule has 1 aromatic carbocycles. The van der Waals surface area contributed by atoms with Gasteiger partial charge in [-0.15, -0.1) is 0 Å². The van der Waals surface area contributed by atoms with Crippen LogP contribution in [0.15, 0.2) is 28.9 Å². The first-order valence-corrected chi connectivity index (χ1v) is 5.78. The van der Waals surface area contributed by atoms with Crippen LogP contribution < -0.4 is 0 Å². The number of furan rings is 1. The van der Waals surface area contributed by atoms with Gasteiger partial charge in [-0.05, 0) is 30.5 Å². The molecule has 0 aliphatic carbocycles. The number of aryl methyl sites for hydroxylation is 1. The van der Waals surface area contributed by atoms with E-state index in [9.17, 15) is 0 Å². The van der Waals surface area contributed by atoms with Gasteiger partial charge in [0.15, 0.2) is 0 Å². The minimum absolute atomic E-state index is 0.937. The number of fused-ring (bicyclic) bond motifs is 1. The summed E-state index contributed by atoms with van der Waals surface area (Å²) in [4.78, 5) is 0. The lowest BCUT2D eigenvalue weighted by molar-refractivity contribution is 0.615. The van der Waals surface area contributed by atoms with Crippen molar-refractivity contribution in [2.24, 2.45) is 0 Å². The second-order valence-corrected chi connectivity index (χ2v) is 4.02. The molecule has 2 rings (SSSR count). The molecule has 0 aliphatic heterocycles. The van der Waals surface area contributed by atoms with Crippen LogP contribution in [0.1, 0.15) is 38.2 Å². The van der Waals surface area contributed by atoms with Gasteiger partial charge in [-0.2, -0.15) is 0 Å². The lowest BCUT2D eigenvalue weighted by Crippen LogP contribution is -1.85. The predicted molar refractivity (Wildman–Crippen MR) is 62.9 cm³/mol. The standard InChI is InChI=1S/C14H17O/c1-2-3-4-5-6-12-7-8-14-13(11-12)9-10-15-14/h7-8,10-11H,2-6H2,1H3. The van der Waals surface area contributed by atoms with Gasteiger partial charge in [0.1, 0.15) is 5.58 Å². The highest BCUT2D eigenvalue weighted by Crippen LogP contribution is 2.17. The van der Waals surface area contributed by atoms with Crippen molar-refractivity contribution in [3.05, 3.63) is 36.1 Å². The monoisotopic (exact) mass is 201 g/mol. The van der Waals surface area contributed by atoms with Gasteiger partial charge in [0.25, 0.3) is 0 Å². The summed E-state index contributed by atoms with van der Waals surface area (Å²) < 4.78 is 5.26. The van der Waals surface area contributed by atoms with Crippen molar-refractivity contribution in [1.29, 1.82) is 0 Å². The van der Waals surface area contributed by atoms with E-state index < -0.39 is 0 Å². The van der Waals surface area contributed by atoms with E-state index in [1.165, 1.54) is 37.7 Å². The molecule has 1 radical (unpaired) electrons. The number of unbranched alkanes of at least 4 members (excludes halogenated alkanes) is 3. The second-order valence-electron chi connectivity index (χ2n) is 4.02. The van der Waals surface area contributed by atoms with Crippen LogP contribution in [0.5, 0.6) is 0 Å². The van der Waals surface area contributed by atoms with E-state index in [1.807, 2.05) is 6.07 Å². The molecular weight excluding hydrogens is 184 g/mol. The normalized spacial score (nSPS) is 11.0.